The van der Waals surface area contributed by atoms with Gasteiger partial charge in [0.25, 0.3) is 5.91 Å². The van der Waals surface area contributed by atoms with Gasteiger partial charge in [0.2, 0.25) is 5.95 Å². The number of hydrogen-bond donors (Lipinski definition) is 1. The van der Waals surface area contributed by atoms with Crippen LogP contribution in [0, 0.1) is 6.92 Å². The molecule has 28 heavy (non-hydrogen) atoms. The third-order valence-corrected chi connectivity index (χ3v) is 4.94. The van der Waals surface area contributed by atoms with Gasteiger partial charge >= 0.3 is 0 Å². The summed E-state index contributed by atoms with van der Waals surface area (Å²) in [4.78, 5) is 26.4. The quantitative estimate of drug-likeness (QED) is 0.740. The average Bonchev–Trinajstić information content (AvgIpc) is 3.23. The summed E-state index contributed by atoms with van der Waals surface area (Å²) in [5.74, 6) is 0.437. The summed E-state index contributed by atoms with van der Waals surface area (Å²) in [6.45, 7) is 10.2. The van der Waals surface area contributed by atoms with E-state index in [2.05, 4.69) is 51.1 Å². The number of anilines is 3. The summed E-state index contributed by atoms with van der Waals surface area (Å²) in [7, 11) is 0. The highest BCUT2D eigenvalue weighted by Gasteiger charge is 2.16. The Balaban J connectivity index is 1.72. The van der Waals surface area contributed by atoms with Gasteiger partial charge in [0, 0.05) is 43.2 Å². The van der Waals surface area contributed by atoms with Gasteiger partial charge in [-0.15, -0.1) is 0 Å². The minimum absolute atomic E-state index is 0.200. The van der Waals surface area contributed by atoms with Crippen LogP contribution in [0.2, 0.25) is 0 Å². The van der Waals surface area contributed by atoms with E-state index in [9.17, 15) is 4.79 Å². The van der Waals surface area contributed by atoms with Gasteiger partial charge in [-0.1, -0.05) is 13.8 Å². The number of nitrogens with one attached hydrogen (secondary N) is 1. The standard InChI is InChI=1S/C22H31N5O/c1-4-12-27(13-5-2)22-23-17(3)16-20(25-22)21(28)24-18-8-10-19(11-9-18)26-14-6-7-15-26/h8-11,16H,4-7,12-15H2,1-3H3,(H,24,28). The molecule has 1 fully saturated rings. The maximum absolute atomic E-state index is 12.8. The molecule has 0 bridgehead atoms. The molecule has 6 nitrogen and oxygen atoms in total. The number of aromatic nitrogens is 2. The Hall–Kier alpha value is -2.63. The Kier molecular flexibility index (Phi) is 6.85. The van der Waals surface area contributed by atoms with Crippen molar-refractivity contribution in [3.05, 3.63) is 41.7 Å². The van der Waals surface area contributed by atoms with Crippen molar-refractivity contribution in [3.63, 3.8) is 0 Å². The SMILES string of the molecule is CCCN(CCC)c1nc(C)cc(C(=O)Nc2ccc(N3CCCC3)cc2)n1. The average molecular weight is 382 g/mol. The van der Waals surface area contributed by atoms with Gasteiger partial charge in [-0.2, -0.15) is 0 Å². The molecule has 0 unspecified atom stereocenters. The lowest BCUT2D eigenvalue weighted by molar-refractivity contribution is 0.102. The molecule has 1 N–H and O–H groups in total. The number of rotatable bonds is 8. The molecule has 0 aliphatic carbocycles. The van der Waals surface area contributed by atoms with Crippen LogP contribution >= 0.6 is 0 Å². The molecule has 1 aromatic heterocycles. The molecule has 1 saturated heterocycles. The lowest BCUT2D eigenvalue weighted by Crippen LogP contribution is -2.28. The van der Waals surface area contributed by atoms with Crippen molar-refractivity contribution >= 4 is 23.2 Å². The minimum atomic E-state index is -0.200. The summed E-state index contributed by atoms with van der Waals surface area (Å²) in [5, 5.41) is 2.97. The van der Waals surface area contributed by atoms with Crippen molar-refractivity contribution in [1.29, 1.82) is 0 Å². The lowest BCUT2D eigenvalue weighted by atomic mass is 10.2. The van der Waals surface area contributed by atoms with E-state index in [1.165, 1.54) is 18.5 Å². The van der Waals surface area contributed by atoms with Crippen LogP contribution in [0.25, 0.3) is 0 Å². The largest absolute Gasteiger partial charge is 0.372 e. The maximum atomic E-state index is 12.8. The van der Waals surface area contributed by atoms with Crippen LogP contribution in [0.3, 0.4) is 0 Å². The topological polar surface area (TPSA) is 61.4 Å². The molecule has 3 rings (SSSR count). The fraction of sp³-hybridized carbons (Fsp3) is 0.500. The van der Waals surface area contributed by atoms with Gasteiger partial charge in [0.1, 0.15) is 5.69 Å². The lowest BCUT2D eigenvalue weighted by Gasteiger charge is -2.22. The normalized spacial score (nSPS) is 13.6. The third kappa shape index (κ3) is 5.00. The molecule has 0 saturated carbocycles. The van der Waals surface area contributed by atoms with Gasteiger partial charge in [0.15, 0.2) is 0 Å². The van der Waals surface area contributed by atoms with E-state index in [1.807, 2.05) is 19.1 Å². The maximum Gasteiger partial charge on any atom is 0.274 e. The summed E-state index contributed by atoms with van der Waals surface area (Å²) in [6.07, 6.45) is 4.53. The monoisotopic (exact) mass is 381 g/mol. The molecule has 150 valence electrons. The molecule has 0 spiro atoms. The highest BCUT2D eigenvalue weighted by atomic mass is 16.1. The predicted octanol–water partition coefficient (Wildman–Crippen LogP) is 4.26. The second-order valence-corrected chi connectivity index (χ2v) is 7.38. The van der Waals surface area contributed by atoms with Gasteiger partial charge in [-0.05, 0) is 62.9 Å². The van der Waals surface area contributed by atoms with Gasteiger partial charge in [0.05, 0.1) is 0 Å². The Morgan fingerprint density at radius 3 is 2.32 bits per heavy atom. The number of aryl methyl sites for hydroxylation is 1. The van der Waals surface area contributed by atoms with Crippen molar-refractivity contribution in [1.82, 2.24) is 9.97 Å². The van der Waals surface area contributed by atoms with E-state index >= 15 is 0 Å². The van der Waals surface area contributed by atoms with Crippen LogP contribution in [0.5, 0.6) is 0 Å². The second kappa shape index (κ2) is 9.53. The summed E-state index contributed by atoms with van der Waals surface area (Å²) >= 11 is 0. The fourth-order valence-corrected chi connectivity index (χ4v) is 3.59. The first-order chi connectivity index (χ1) is 13.6. The van der Waals surface area contributed by atoms with Crippen molar-refractivity contribution in [3.8, 4) is 0 Å². The van der Waals surface area contributed by atoms with E-state index in [0.717, 1.165) is 50.4 Å². The third-order valence-electron chi connectivity index (χ3n) is 4.94. The van der Waals surface area contributed by atoms with Gasteiger partial charge < -0.3 is 15.1 Å². The van der Waals surface area contributed by atoms with Crippen LogP contribution in [0.4, 0.5) is 17.3 Å². The molecule has 6 heteroatoms. The Morgan fingerprint density at radius 2 is 1.71 bits per heavy atom. The number of carbonyl (C=O) groups excluding carboxylic acids is 1. The molecule has 0 atom stereocenters. The molecular formula is C22H31N5O. The molecule has 1 amide bonds. The molecule has 1 aliphatic heterocycles. The van der Waals surface area contributed by atoms with E-state index in [-0.39, 0.29) is 5.91 Å². The number of nitrogens with zero attached hydrogens (tertiary/aromatic N) is 4. The highest BCUT2D eigenvalue weighted by Crippen LogP contribution is 2.22. The minimum Gasteiger partial charge on any atom is -0.372 e. The zero-order chi connectivity index (χ0) is 19.9. The van der Waals surface area contributed by atoms with Crippen molar-refractivity contribution < 1.29 is 4.79 Å². The molecule has 1 aromatic carbocycles. The van der Waals surface area contributed by atoms with Crippen LogP contribution in [-0.4, -0.2) is 42.1 Å². The second-order valence-electron chi connectivity index (χ2n) is 7.38. The zero-order valence-electron chi connectivity index (χ0n) is 17.2. The smallest absolute Gasteiger partial charge is 0.274 e. The molecule has 0 radical (unpaired) electrons. The van der Waals surface area contributed by atoms with Crippen LogP contribution in [0.15, 0.2) is 30.3 Å². The van der Waals surface area contributed by atoms with Gasteiger partial charge in [-0.25, -0.2) is 9.97 Å². The summed E-state index contributed by atoms with van der Waals surface area (Å²) in [5.41, 5.74) is 3.20. The number of benzene rings is 1. The van der Waals surface area contributed by atoms with Crippen LogP contribution in [-0.2, 0) is 0 Å². The van der Waals surface area contributed by atoms with Gasteiger partial charge in [-0.3, -0.25) is 4.79 Å². The number of carbonyl (C=O) groups is 1. The van der Waals surface area contributed by atoms with E-state index in [1.54, 1.807) is 6.07 Å². The van der Waals surface area contributed by atoms with Crippen molar-refractivity contribution in [2.45, 2.75) is 46.5 Å². The number of hydrogen-bond acceptors (Lipinski definition) is 5. The first-order valence-corrected chi connectivity index (χ1v) is 10.4. The molecule has 1 aliphatic rings. The number of amides is 1. The Bertz CT molecular complexity index is 778. The highest BCUT2D eigenvalue weighted by molar-refractivity contribution is 6.03. The van der Waals surface area contributed by atoms with E-state index < -0.39 is 0 Å². The van der Waals surface area contributed by atoms with Crippen LogP contribution in [0.1, 0.15) is 55.7 Å². The van der Waals surface area contributed by atoms with E-state index in [4.69, 9.17) is 0 Å². The Labute approximate surface area is 168 Å². The summed E-state index contributed by atoms with van der Waals surface area (Å²) in [6, 6.07) is 9.80. The van der Waals surface area contributed by atoms with Crippen molar-refractivity contribution in [2.24, 2.45) is 0 Å². The van der Waals surface area contributed by atoms with Crippen molar-refractivity contribution in [2.75, 3.05) is 41.3 Å². The fourth-order valence-electron chi connectivity index (χ4n) is 3.59. The first kappa shape index (κ1) is 20.1. The van der Waals surface area contributed by atoms with Crippen LogP contribution < -0.4 is 15.1 Å². The first-order valence-electron chi connectivity index (χ1n) is 10.4. The zero-order valence-corrected chi connectivity index (χ0v) is 17.2. The molecule has 2 aromatic rings. The predicted molar refractivity (Wildman–Crippen MR) is 115 cm³/mol. The Morgan fingerprint density at radius 1 is 1.07 bits per heavy atom. The molecule has 2 heterocycles. The molecular weight excluding hydrogens is 350 g/mol. The summed E-state index contributed by atoms with van der Waals surface area (Å²) < 4.78 is 0. The van der Waals surface area contributed by atoms with E-state index in [0.29, 0.717) is 11.6 Å².